The van der Waals surface area contributed by atoms with Gasteiger partial charge in [-0.05, 0) is 13.8 Å². The van der Waals surface area contributed by atoms with Crippen molar-refractivity contribution < 1.29 is 14.6 Å². The van der Waals surface area contributed by atoms with Crippen molar-refractivity contribution in [3.05, 3.63) is 0 Å². The Labute approximate surface area is 78.5 Å². The Balaban J connectivity index is 0. The van der Waals surface area contributed by atoms with Gasteiger partial charge in [-0.3, -0.25) is 4.79 Å². The molecular formula is C7H16ClNO3. The Morgan fingerprint density at radius 2 is 2.08 bits per heavy atom. The number of carbonyl (C=O) groups is 1. The Hall–Kier alpha value is -0.320. The SMILES string of the molecule is CC(C)OC(=O)CC(O)CN.Cl. The second-order valence-corrected chi connectivity index (χ2v) is 2.63. The largest absolute Gasteiger partial charge is 0.463 e. The fraction of sp³-hybridized carbons (Fsp3) is 0.857. The van der Waals surface area contributed by atoms with E-state index in [9.17, 15) is 4.79 Å². The van der Waals surface area contributed by atoms with E-state index in [2.05, 4.69) is 0 Å². The summed E-state index contributed by atoms with van der Waals surface area (Å²) in [4.78, 5) is 10.8. The first-order chi connectivity index (χ1) is 5.06. The van der Waals surface area contributed by atoms with Crippen LogP contribution in [0.15, 0.2) is 0 Å². The summed E-state index contributed by atoms with van der Waals surface area (Å²) < 4.78 is 4.77. The van der Waals surface area contributed by atoms with Crippen molar-refractivity contribution in [2.45, 2.75) is 32.5 Å². The number of rotatable bonds is 4. The first kappa shape index (κ1) is 14.2. The maximum absolute atomic E-state index is 10.8. The molecule has 0 amide bonds. The van der Waals surface area contributed by atoms with E-state index in [1.807, 2.05) is 0 Å². The quantitative estimate of drug-likeness (QED) is 0.626. The van der Waals surface area contributed by atoms with Gasteiger partial charge in [0.2, 0.25) is 0 Å². The van der Waals surface area contributed by atoms with Crippen LogP contribution < -0.4 is 5.73 Å². The topological polar surface area (TPSA) is 72.5 Å². The highest BCUT2D eigenvalue weighted by Gasteiger charge is 2.10. The molecular weight excluding hydrogens is 182 g/mol. The molecule has 5 heteroatoms. The van der Waals surface area contributed by atoms with E-state index in [0.29, 0.717) is 0 Å². The normalized spacial score (nSPS) is 12.1. The van der Waals surface area contributed by atoms with Gasteiger partial charge < -0.3 is 15.6 Å². The predicted octanol–water partition coefficient (Wildman–Crippen LogP) is 0.0695. The number of carbonyl (C=O) groups excluding carboxylic acids is 1. The van der Waals surface area contributed by atoms with Gasteiger partial charge >= 0.3 is 5.97 Å². The van der Waals surface area contributed by atoms with E-state index in [1.54, 1.807) is 13.8 Å². The lowest BCUT2D eigenvalue weighted by molar-refractivity contribution is -0.149. The fourth-order valence-corrected chi connectivity index (χ4v) is 0.587. The predicted molar refractivity (Wildman–Crippen MR) is 48.2 cm³/mol. The fourth-order valence-electron chi connectivity index (χ4n) is 0.587. The summed E-state index contributed by atoms with van der Waals surface area (Å²) in [5.74, 6) is -0.405. The highest BCUT2D eigenvalue weighted by molar-refractivity contribution is 5.85. The number of aliphatic hydroxyl groups is 1. The molecule has 0 aromatic heterocycles. The average Bonchev–Trinajstić information content (AvgIpc) is 1.85. The molecule has 0 heterocycles. The summed E-state index contributed by atoms with van der Waals surface area (Å²) in [7, 11) is 0. The van der Waals surface area contributed by atoms with E-state index in [1.165, 1.54) is 0 Å². The van der Waals surface area contributed by atoms with Gasteiger partial charge in [-0.15, -0.1) is 12.4 Å². The minimum absolute atomic E-state index is 0. The second-order valence-electron chi connectivity index (χ2n) is 2.63. The molecule has 0 aliphatic heterocycles. The molecule has 0 aliphatic rings. The van der Waals surface area contributed by atoms with Crippen LogP contribution in [0.1, 0.15) is 20.3 Å². The van der Waals surface area contributed by atoms with Gasteiger partial charge in [-0.1, -0.05) is 0 Å². The Morgan fingerprint density at radius 3 is 2.42 bits per heavy atom. The molecule has 4 nitrogen and oxygen atoms in total. The van der Waals surface area contributed by atoms with Crippen molar-refractivity contribution in [3.63, 3.8) is 0 Å². The molecule has 0 spiro atoms. The van der Waals surface area contributed by atoms with Crippen LogP contribution in [-0.4, -0.2) is 29.8 Å². The second kappa shape index (κ2) is 7.34. The number of hydrogen-bond donors (Lipinski definition) is 2. The van der Waals surface area contributed by atoms with E-state index in [4.69, 9.17) is 15.6 Å². The Morgan fingerprint density at radius 1 is 1.58 bits per heavy atom. The monoisotopic (exact) mass is 197 g/mol. The van der Waals surface area contributed by atoms with E-state index < -0.39 is 12.1 Å². The van der Waals surface area contributed by atoms with Crippen LogP contribution in [0.3, 0.4) is 0 Å². The smallest absolute Gasteiger partial charge is 0.308 e. The zero-order valence-corrected chi connectivity index (χ0v) is 8.13. The van der Waals surface area contributed by atoms with Crippen molar-refractivity contribution in [3.8, 4) is 0 Å². The summed E-state index contributed by atoms with van der Waals surface area (Å²) in [6.07, 6.45) is -0.928. The molecule has 74 valence electrons. The van der Waals surface area contributed by atoms with Crippen LogP contribution in [0.2, 0.25) is 0 Å². The number of ether oxygens (including phenoxy) is 1. The van der Waals surface area contributed by atoms with Gasteiger partial charge in [0.1, 0.15) is 0 Å². The molecule has 0 rings (SSSR count). The maximum atomic E-state index is 10.8. The molecule has 1 atom stereocenters. The number of aliphatic hydroxyl groups excluding tert-OH is 1. The molecule has 0 aromatic rings. The van der Waals surface area contributed by atoms with Gasteiger partial charge in [-0.25, -0.2) is 0 Å². The van der Waals surface area contributed by atoms with Gasteiger partial charge in [-0.2, -0.15) is 0 Å². The lowest BCUT2D eigenvalue weighted by atomic mass is 10.2. The lowest BCUT2D eigenvalue weighted by Crippen LogP contribution is -2.25. The van der Waals surface area contributed by atoms with E-state index >= 15 is 0 Å². The molecule has 0 fully saturated rings. The van der Waals surface area contributed by atoms with Crippen molar-refractivity contribution in [2.24, 2.45) is 5.73 Å². The summed E-state index contributed by atoms with van der Waals surface area (Å²) in [6, 6.07) is 0. The molecule has 0 saturated carbocycles. The highest BCUT2D eigenvalue weighted by atomic mass is 35.5. The molecule has 0 aliphatic carbocycles. The van der Waals surface area contributed by atoms with Crippen LogP contribution in [0.5, 0.6) is 0 Å². The first-order valence-corrected chi connectivity index (χ1v) is 3.64. The number of esters is 1. The number of halogens is 1. The molecule has 0 saturated heterocycles. The van der Waals surface area contributed by atoms with Gasteiger partial charge in [0.05, 0.1) is 18.6 Å². The number of nitrogens with two attached hydrogens (primary N) is 1. The maximum Gasteiger partial charge on any atom is 0.308 e. The van der Waals surface area contributed by atoms with E-state index in [0.717, 1.165) is 0 Å². The van der Waals surface area contributed by atoms with Gasteiger partial charge in [0.15, 0.2) is 0 Å². The molecule has 1 unspecified atom stereocenters. The Kier molecular flexibility index (Phi) is 8.69. The van der Waals surface area contributed by atoms with Gasteiger partial charge in [0.25, 0.3) is 0 Å². The molecule has 0 radical (unpaired) electrons. The van der Waals surface area contributed by atoms with Crippen molar-refractivity contribution in [2.75, 3.05) is 6.54 Å². The van der Waals surface area contributed by atoms with Crippen molar-refractivity contribution >= 4 is 18.4 Å². The average molecular weight is 198 g/mol. The van der Waals surface area contributed by atoms with Crippen molar-refractivity contribution in [1.82, 2.24) is 0 Å². The molecule has 0 bridgehead atoms. The number of hydrogen-bond acceptors (Lipinski definition) is 4. The third-order valence-corrected chi connectivity index (χ3v) is 1.04. The van der Waals surface area contributed by atoms with Crippen LogP contribution >= 0.6 is 12.4 Å². The minimum Gasteiger partial charge on any atom is -0.463 e. The van der Waals surface area contributed by atoms with Crippen LogP contribution in [0.25, 0.3) is 0 Å². The first-order valence-electron chi connectivity index (χ1n) is 3.64. The molecule has 12 heavy (non-hydrogen) atoms. The van der Waals surface area contributed by atoms with Crippen LogP contribution in [0.4, 0.5) is 0 Å². The van der Waals surface area contributed by atoms with E-state index in [-0.39, 0.29) is 31.5 Å². The van der Waals surface area contributed by atoms with Crippen LogP contribution in [0, 0.1) is 0 Å². The molecule has 0 aromatic carbocycles. The molecule has 3 N–H and O–H groups in total. The lowest BCUT2D eigenvalue weighted by Gasteiger charge is -2.09. The summed E-state index contributed by atoms with van der Waals surface area (Å²) in [5, 5.41) is 8.92. The minimum atomic E-state index is -0.777. The summed E-state index contributed by atoms with van der Waals surface area (Å²) in [6.45, 7) is 3.60. The van der Waals surface area contributed by atoms with Crippen LogP contribution in [-0.2, 0) is 9.53 Å². The zero-order chi connectivity index (χ0) is 8.85. The Bertz CT molecular complexity index is 130. The zero-order valence-electron chi connectivity index (χ0n) is 7.32. The summed E-state index contributed by atoms with van der Waals surface area (Å²) >= 11 is 0. The third-order valence-electron chi connectivity index (χ3n) is 1.04. The van der Waals surface area contributed by atoms with Crippen molar-refractivity contribution in [1.29, 1.82) is 0 Å². The van der Waals surface area contributed by atoms with Gasteiger partial charge in [0, 0.05) is 6.54 Å². The standard InChI is InChI=1S/C7H15NO3.ClH/c1-5(2)11-7(10)3-6(9)4-8;/h5-6,9H,3-4,8H2,1-2H3;1H. The third kappa shape index (κ3) is 7.78. The summed E-state index contributed by atoms with van der Waals surface area (Å²) in [5.41, 5.74) is 5.09. The highest BCUT2D eigenvalue weighted by Crippen LogP contribution is 1.96.